The van der Waals surface area contributed by atoms with Crippen LogP contribution in [-0.2, 0) is 6.42 Å². The van der Waals surface area contributed by atoms with Crippen LogP contribution in [0.3, 0.4) is 0 Å². The Labute approximate surface area is 98.9 Å². The maximum Gasteiger partial charge on any atom is 0.162 e. The summed E-state index contributed by atoms with van der Waals surface area (Å²) < 4.78 is 26.1. The van der Waals surface area contributed by atoms with Gasteiger partial charge in [-0.2, -0.15) is 11.8 Å². The molecule has 1 aromatic rings. The molecule has 0 saturated heterocycles. The first kappa shape index (κ1) is 13.5. The minimum atomic E-state index is -0.856. The van der Waals surface area contributed by atoms with Crippen LogP contribution in [-0.4, -0.2) is 22.7 Å². The number of halogens is 2. The Morgan fingerprint density at radius 2 is 2.12 bits per heavy atom. The van der Waals surface area contributed by atoms with Gasteiger partial charge < -0.3 is 5.11 Å². The second kappa shape index (κ2) is 6.86. The first-order chi connectivity index (χ1) is 7.65. The van der Waals surface area contributed by atoms with Gasteiger partial charge in [0.15, 0.2) is 11.6 Å². The SMILES string of the molecule is CCCSCC(O)Cc1cccc(F)c1F. The molecule has 0 fully saturated rings. The number of thioether (sulfide) groups is 1. The molecule has 0 saturated carbocycles. The molecule has 1 atom stereocenters. The molecule has 1 aromatic carbocycles. The number of hydrogen-bond acceptors (Lipinski definition) is 2. The molecule has 0 aromatic heterocycles. The van der Waals surface area contributed by atoms with Crippen molar-refractivity contribution in [2.75, 3.05) is 11.5 Å². The van der Waals surface area contributed by atoms with Gasteiger partial charge in [0, 0.05) is 12.2 Å². The van der Waals surface area contributed by atoms with Crippen LogP contribution in [0.4, 0.5) is 8.78 Å². The lowest BCUT2D eigenvalue weighted by Crippen LogP contribution is -2.15. The quantitative estimate of drug-likeness (QED) is 0.779. The van der Waals surface area contributed by atoms with E-state index in [-0.39, 0.29) is 12.0 Å². The van der Waals surface area contributed by atoms with Crippen LogP contribution >= 0.6 is 11.8 Å². The fourth-order valence-electron chi connectivity index (χ4n) is 1.38. The second-order valence-corrected chi connectivity index (χ2v) is 4.80. The lowest BCUT2D eigenvalue weighted by molar-refractivity contribution is 0.198. The summed E-state index contributed by atoms with van der Waals surface area (Å²) in [6.07, 6.45) is 0.597. The Bertz CT molecular complexity index is 331. The van der Waals surface area contributed by atoms with Crippen LogP contribution in [0.25, 0.3) is 0 Å². The molecular weight excluding hydrogens is 230 g/mol. The van der Waals surface area contributed by atoms with Crippen LogP contribution in [0.2, 0.25) is 0 Å². The Morgan fingerprint density at radius 3 is 2.81 bits per heavy atom. The predicted molar refractivity (Wildman–Crippen MR) is 63.7 cm³/mol. The van der Waals surface area contributed by atoms with Gasteiger partial charge in [-0.1, -0.05) is 19.1 Å². The molecule has 0 spiro atoms. The number of rotatable bonds is 6. The summed E-state index contributed by atoms with van der Waals surface area (Å²) in [4.78, 5) is 0. The van der Waals surface area contributed by atoms with Gasteiger partial charge in [-0.25, -0.2) is 8.78 Å². The number of aliphatic hydroxyl groups excluding tert-OH is 1. The molecule has 90 valence electrons. The highest BCUT2D eigenvalue weighted by atomic mass is 32.2. The fourth-order valence-corrected chi connectivity index (χ4v) is 2.23. The molecule has 16 heavy (non-hydrogen) atoms. The van der Waals surface area contributed by atoms with Crippen molar-refractivity contribution < 1.29 is 13.9 Å². The van der Waals surface area contributed by atoms with Crippen molar-refractivity contribution in [2.24, 2.45) is 0 Å². The van der Waals surface area contributed by atoms with E-state index in [1.807, 2.05) is 0 Å². The zero-order valence-electron chi connectivity index (χ0n) is 9.25. The summed E-state index contributed by atoms with van der Waals surface area (Å²) in [6, 6.07) is 4.04. The van der Waals surface area contributed by atoms with E-state index in [2.05, 4.69) is 6.92 Å². The normalized spacial score (nSPS) is 12.8. The molecule has 0 aliphatic carbocycles. The minimum Gasteiger partial charge on any atom is -0.392 e. The molecule has 1 N–H and O–H groups in total. The van der Waals surface area contributed by atoms with Gasteiger partial charge in [0.1, 0.15) is 0 Å². The van der Waals surface area contributed by atoms with Crippen LogP contribution in [0.1, 0.15) is 18.9 Å². The Balaban J connectivity index is 2.49. The first-order valence-electron chi connectivity index (χ1n) is 5.33. The monoisotopic (exact) mass is 246 g/mol. The summed E-state index contributed by atoms with van der Waals surface area (Å²) >= 11 is 1.62. The van der Waals surface area contributed by atoms with Crippen LogP contribution in [0.5, 0.6) is 0 Å². The molecule has 1 rings (SSSR count). The topological polar surface area (TPSA) is 20.2 Å². The van der Waals surface area contributed by atoms with E-state index >= 15 is 0 Å². The van der Waals surface area contributed by atoms with Crippen LogP contribution < -0.4 is 0 Å². The average Bonchev–Trinajstić information content (AvgIpc) is 2.25. The summed E-state index contributed by atoms with van der Waals surface area (Å²) in [5, 5.41) is 9.63. The summed E-state index contributed by atoms with van der Waals surface area (Å²) in [7, 11) is 0. The molecule has 0 heterocycles. The highest BCUT2D eigenvalue weighted by molar-refractivity contribution is 7.99. The van der Waals surface area contributed by atoms with Gasteiger partial charge in [0.25, 0.3) is 0 Å². The maximum atomic E-state index is 13.3. The molecule has 0 bridgehead atoms. The third kappa shape index (κ3) is 4.10. The lowest BCUT2D eigenvalue weighted by Gasteiger charge is -2.10. The van der Waals surface area contributed by atoms with Crippen molar-refractivity contribution in [1.82, 2.24) is 0 Å². The van der Waals surface area contributed by atoms with Crippen molar-refractivity contribution in [3.8, 4) is 0 Å². The van der Waals surface area contributed by atoms with Gasteiger partial charge in [-0.15, -0.1) is 0 Å². The molecule has 0 radical (unpaired) electrons. The van der Waals surface area contributed by atoms with Gasteiger partial charge in [0.05, 0.1) is 6.10 Å². The molecular formula is C12H16F2OS. The highest BCUT2D eigenvalue weighted by Gasteiger charge is 2.12. The minimum absolute atomic E-state index is 0.167. The third-order valence-electron chi connectivity index (χ3n) is 2.15. The van der Waals surface area contributed by atoms with E-state index in [1.54, 1.807) is 11.8 Å². The standard InChI is InChI=1S/C12H16F2OS/c1-2-6-16-8-10(15)7-9-4-3-5-11(13)12(9)14/h3-5,10,15H,2,6-8H2,1H3. The Morgan fingerprint density at radius 1 is 1.38 bits per heavy atom. The van der Waals surface area contributed by atoms with Crippen molar-refractivity contribution >= 4 is 11.8 Å². The van der Waals surface area contributed by atoms with Crippen LogP contribution in [0, 0.1) is 11.6 Å². The molecule has 4 heteroatoms. The molecule has 1 unspecified atom stereocenters. The summed E-state index contributed by atoms with van der Waals surface area (Å²) in [5.41, 5.74) is 0.240. The smallest absolute Gasteiger partial charge is 0.162 e. The van der Waals surface area contributed by atoms with Gasteiger partial charge in [-0.05, 0) is 23.8 Å². The van der Waals surface area contributed by atoms with E-state index in [9.17, 15) is 13.9 Å². The van der Waals surface area contributed by atoms with Crippen molar-refractivity contribution in [3.05, 3.63) is 35.4 Å². The van der Waals surface area contributed by atoms with Crippen molar-refractivity contribution in [2.45, 2.75) is 25.9 Å². The van der Waals surface area contributed by atoms with E-state index in [0.29, 0.717) is 5.75 Å². The van der Waals surface area contributed by atoms with E-state index < -0.39 is 17.7 Å². The van der Waals surface area contributed by atoms with Gasteiger partial charge >= 0.3 is 0 Å². The maximum absolute atomic E-state index is 13.3. The molecule has 0 aliphatic heterocycles. The van der Waals surface area contributed by atoms with Crippen LogP contribution in [0.15, 0.2) is 18.2 Å². The Kier molecular flexibility index (Phi) is 5.77. The van der Waals surface area contributed by atoms with E-state index in [1.165, 1.54) is 12.1 Å². The summed E-state index contributed by atoms with van der Waals surface area (Å²) in [5.74, 6) is -0.167. The largest absolute Gasteiger partial charge is 0.392 e. The van der Waals surface area contributed by atoms with E-state index in [0.717, 1.165) is 18.2 Å². The van der Waals surface area contributed by atoms with Crippen molar-refractivity contribution in [1.29, 1.82) is 0 Å². The number of benzene rings is 1. The first-order valence-corrected chi connectivity index (χ1v) is 6.49. The van der Waals surface area contributed by atoms with Gasteiger partial charge in [-0.3, -0.25) is 0 Å². The lowest BCUT2D eigenvalue weighted by atomic mass is 10.1. The fraction of sp³-hybridized carbons (Fsp3) is 0.500. The average molecular weight is 246 g/mol. The molecule has 0 aliphatic rings. The zero-order valence-corrected chi connectivity index (χ0v) is 10.1. The third-order valence-corrected chi connectivity index (χ3v) is 3.46. The summed E-state index contributed by atoms with van der Waals surface area (Å²) in [6.45, 7) is 2.06. The zero-order chi connectivity index (χ0) is 12.0. The second-order valence-electron chi connectivity index (χ2n) is 3.65. The predicted octanol–water partition coefficient (Wildman–Crippen LogP) is 3.01. The molecule has 1 nitrogen and oxygen atoms in total. The molecule has 0 amide bonds. The number of aliphatic hydroxyl groups is 1. The number of hydrogen-bond donors (Lipinski definition) is 1. The highest BCUT2D eigenvalue weighted by Crippen LogP contribution is 2.15. The van der Waals surface area contributed by atoms with Gasteiger partial charge in [0.2, 0.25) is 0 Å². The van der Waals surface area contributed by atoms with E-state index in [4.69, 9.17) is 0 Å². The van der Waals surface area contributed by atoms with Crippen molar-refractivity contribution in [3.63, 3.8) is 0 Å². The Hall–Kier alpha value is -0.610.